The van der Waals surface area contributed by atoms with Crippen molar-refractivity contribution in [2.24, 2.45) is 4.99 Å². The first-order chi connectivity index (χ1) is 11.2. The number of nitrogens with one attached hydrogen (secondary N) is 2. The van der Waals surface area contributed by atoms with Crippen LogP contribution in [0.15, 0.2) is 4.99 Å². The molecule has 144 valence electrons. The maximum Gasteiger partial charge on any atom is 0.191 e. The van der Waals surface area contributed by atoms with Gasteiger partial charge < -0.3 is 25.0 Å². The minimum atomic E-state index is 0. The fourth-order valence-corrected chi connectivity index (χ4v) is 2.48. The molecule has 1 heterocycles. The lowest BCUT2D eigenvalue weighted by Crippen LogP contribution is -2.52. The molecular formula is C16H36IN5O2. The molecule has 1 aliphatic heterocycles. The van der Waals surface area contributed by atoms with Gasteiger partial charge in [-0.1, -0.05) is 0 Å². The van der Waals surface area contributed by atoms with E-state index in [1.165, 1.54) is 0 Å². The summed E-state index contributed by atoms with van der Waals surface area (Å²) in [5.74, 6) is 0.864. The molecule has 1 fully saturated rings. The smallest absolute Gasteiger partial charge is 0.191 e. The molecule has 0 aliphatic carbocycles. The van der Waals surface area contributed by atoms with Gasteiger partial charge in [0.2, 0.25) is 0 Å². The molecule has 1 unspecified atom stereocenters. The highest BCUT2D eigenvalue weighted by Gasteiger charge is 2.18. The molecular weight excluding hydrogens is 421 g/mol. The Labute approximate surface area is 164 Å². The van der Waals surface area contributed by atoms with Crippen molar-refractivity contribution in [1.82, 2.24) is 20.4 Å². The zero-order valence-corrected chi connectivity index (χ0v) is 18.0. The van der Waals surface area contributed by atoms with E-state index in [9.17, 15) is 0 Å². The lowest BCUT2D eigenvalue weighted by molar-refractivity contribution is 0.0698. The number of piperazine rings is 1. The first-order valence-corrected chi connectivity index (χ1v) is 8.61. The predicted molar refractivity (Wildman–Crippen MR) is 111 cm³/mol. The normalized spacial score (nSPS) is 18.1. The van der Waals surface area contributed by atoms with Crippen molar-refractivity contribution in [2.75, 3.05) is 80.3 Å². The van der Waals surface area contributed by atoms with Crippen LogP contribution in [0.3, 0.4) is 0 Å². The van der Waals surface area contributed by atoms with Gasteiger partial charge in [-0.05, 0) is 20.4 Å². The summed E-state index contributed by atoms with van der Waals surface area (Å²) in [6.07, 6.45) is 0.957. The number of nitrogens with zero attached hydrogens (tertiary/aromatic N) is 3. The fourth-order valence-electron chi connectivity index (χ4n) is 2.48. The molecule has 0 aromatic rings. The molecule has 2 N–H and O–H groups in total. The standard InChI is InChI=1S/C16H35N5O2.HI/c1-15(21-9-7-20(3)8-10-21)14-19-16(17-2)18-6-5-11-23-13-12-22-4;/h15H,5-14H2,1-4H3,(H2,17,18,19);1H. The number of hydrogen-bond acceptors (Lipinski definition) is 5. The van der Waals surface area contributed by atoms with Crippen molar-refractivity contribution in [3.8, 4) is 0 Å². The Bertz CT molecular complexity index is 326. The molecule has 0 aromatic carbocycles. The molecule has 24 heavy (non-hydrogen) atoms. The van der Waals surface area contributed by atoms with Crippen LogP contribution in [0, 0.1) is 0 Å². The summed E-state index contributed by atoms with van der Waals surface area (Å²) in [6.45, 7) is 10.7. The maximum absolute atomic E-state index is 5.44. The third kappa shape index (κ3) is 10.7. The first-order valence-electron chi connectivity index (χ1n) is 8.61. The lowest BCUT2D eigenvalue weighted by atomic mass is 10.2. The van der Waals surface area contributed by atoms with Crippen molar-refractivity contribution >= 4 is 29.9 Å². The maximum atomic E-state index is 5.44. The molecule has 8 heteroatoms. The lowest BCUT2D eigenvalue weighted by Gasteiger charge is -2.36. The zero-order chi connectivity index (χ0) is 16.9. The van der Waals surface area contributed by atoms with E-state index in [1.54, 1.807) is 7.11 Å². The Morgan fingerprint density at radius 2 is 1.83 bits per heavy atom. The topological polar surface area (TPSA) is 61.4 Å². The van der Waals surface area contributed by atoms with Crippen LogP contribution in [0.1, 0.15) is 13.3 Å². The van der Waals surface area contributed by atoms with Crippen LogP contribution in [0.4, 0.5) is 0 Å². The average molecular weight is 457 g/mol. The Morgan fingerprint density at radius 1 is 1.12 bits per heavy atom. The van der Waals surface area contributed by atoms with Gasteiger partial charge >= 0.3 is 0 Å². The summed E-state index contributed by atoms with van der Waals surface area (Å²) in [4.78, 5) is 9.18. The van der Waals surface area contributed by atoms with Gasteiger partial charge in [-0.25, -0.2) is 0 Å². The molecule has 0 spiro atoms. The highest BCUT2D eigenvalue weighted by Crippen LogP contribution is 2.03. The summed E-state index contributed by atoms with van der Waals surface area (Å²) < 4.78 is 10.4. The predicted octanol–water partition coefficient (Wildman–Crippen LogP) is 0.458. The molecule has 7 nitrogen and oxygen atoms in total. The molecule has 0 aromatic heterocycles. The molecule has 0 radical (unpaired) electrons. The van der Waals surface area contributed by atoms with Crippen molar-refractivity contribution < 1.29 is 9.47 Å². The number of halogens is 1. The summed E-state index contributed by atoms with van der Waals surface area (Å²) >= 11 is 0. The molecule has 1 atom stereocenters. The van der Waals surface area contributed by atoms with Crippen molar-refractivity contribution in [2.45, 2.75) is 19.4 Å². The first kappa shape index (κ1) is 23.8. The van der Waals surface area contributed by atoms with E-state index in [-0.39, 0.29) is 24.0 Å². The average Bonchev–Trinajstić information content (AvgIpc) is 2.57. The molecule has 1 rings (SSSR count). The van der Waals surface area contributed by atoms with Gasteiger partial charge in [0, 0.05) is 66.1 Å². The Morgan fingerprint density at radius 3 is 2.46 bits per heavy atom. The van der Waals surface area contributed by atoms with Crippen LogP contribution in [-0.4, -0.2) is 102 Å². The Balaban J connectivity index is 0.00000529. The van der Waals surface area contributed by atoms with Gasteiger partial charge in [0.15, 0.2) is 5.96 Å². The summed E-state index contributed by atoms with van der Waals surface area (Å²) in [5, 5.41) is 6.74. The highest BCUT2D eigenvalue weighted by atomic mass is 127. The number of rotatable bonds is 10. The monoisotopic (exact) mass is 457 g/mol. The largest absolute Gasteiger partial charge is 0.382 e. The minimum absolute atomic E-state index is 0. The van der Waals surface area contributed by atoms with Crippen LogP contribution in [0.5, 0.6) is 0 Å². The van der Waals surface area contributed by atoms with E-state index in [4.69, 9.17) is 9.47 Å². The second-order valence-corrected chi connectivity index (χ2v) is 6.03. The fraction of sp³-hybridized carbons (Fsp3) is 0.938. The van der Waals surface area contributed by atoms with Gasteiger partial charge in [0.25, 0.3) is 0 Å². The third-order valence-electron chi connectivity index (χ3n) is 4.14. The van der Waals surface area contributed by atoms with Gasteiger partial charge in [-0.15, -0.1) is 24.0 Å². The summed E-state index contributed by atoms with van der Waals surface area (Å²) in [7, 11) is 5.68. The zero-order valence-electron chi connectivity index (χ0n) is 15.7. The second kappa shape index (κ2) is 15.1. The number of likely N-dealkylation sites (N-methyl/N-ethyl adjacent to an activating group) is 1. The number of ether oxygens (including phenoxy) is 2. The highest BCUT2D eigenvalue weighted by molar-refractivity contribution is 14.0. The number of guanidine groups is 1. The van der Waals surface area contributed by atoms with Crippen molar-refractivity contribution in [1.29, 1.82) is 0 Å². The van der Waals surface area contributed by atoms with Gasteiger partial charge in [0.1, 0.15) is 0 Å². The van der Waals surface area contributed by atoms with Crippen LogP contribution in [0.25, 0.3) is 0 Å². The van der Waals surface area contributed by atoms with E-state index < -0.39 is 0 Å². The van der Waals surface area contributed by atoms with Crippen molar-refractivity contribution in [3.63, 3.8) is 0 Å². The van der Waals surface area contributed by atoms with Crippen LogP contribution < -0.4 is 10.6 Å². The third-order valence-corrected chi connectivity index (χ3v) is 4.14. The van der Waals surface area contributed by atoms with E-state index in [0.717, 1.165) is 58.3 Å². The number of aliphatic imine (C=N–C) groups is 1. The van der Waals surface area contributed by atoms with E-state index in [1.807, 2.05) is 7.05 Å². The van der Waals surface area contributed by atoms with Gasteiger partial charge in [-0.2, -0.15) is 0 Å². The van der Waals surface area contributed by atoms with Crippen molar-refractivity contribution in [3.05, 3.63) is 0 Å². The number of hydrogen-bond donors (Lipinski definition) is 2. The van der Waals surface area contributed by atoms with E-state index >= 15 is 0 Å². The van der Waals surface area contributed by atoms with E-state index in [0.29, 0.717) is 19.3 Å². The van der Waals surface area contributed by atoms with Crippen LogP contribution >= 0.6 is 24.0 Å². The van der Waals surface area contributed by atoms with E-state index in [2.05, 4.69) is 39.4 Å². The molecule has 0 bridgehead atoms. The molecule has 1 aliphatic rings. The number of methoxy groups -OCH3 is 1. The molecule has 0 amide bonds. The summed E-state index contributed by atoms with van der Waals surface area (Å²) in [5.41, 5.74) is 0. The van der Waals surface area contributed by atoms with Crippen LogP contribution in [-0.2, 0) is 9.47 Å². The molecule has 1 saturated heterocycles. The second-order valence-electron chi connectivity index (χ2n) is 6.03. The Hall–Kier alpha value is -0.160. The quantitative estimate of drug-likeness (QED) is 0.215. The molecule has 0 saturated carbocycles. The SMILES string of the molecule is CN=C(NCCCOCCOC)NCC(C)N1CCN(C)CC1.I. The minimum Gasteiger partial charge on any atom is -0.382 e. The van der Waals surface area contributed by atoms with Gasteiger partial charge in [-0.3, -0.25) is 9.89 Å². The summed E-state index contributed by atoms with van der Waals surface area (Å²) in [6, 6.07) is 0.514. The van der Waals surface area contributed by atoms with Gasteiger partial charge in [0.05, 0.1) is 13.2 Å². The Kier molecular flexibility index (Phi) is 15.0. The van der Waals surface area contributed by atoms with Crippen LogP contribution in [0.2, 0.25) is 0 Å².